The molecule has 1 aromatic carbocycles. The molecular formula is C21H18F3N3O3. The van der Waals surface area contributed by atoms with Crippen molar-refractivity contribution in [1.82, 2.24) is 15.3 Å². The lowest BCUT2D eigenvalue weighted by Crippen LogP contribution is -2.39. The van der Waals surface area contributed by atoms with Crippen LogP contribution in [0.4, 0.5) is 13.2 Å². The third-order valence-electron chi connectivity index (χ3n) is 4.74. The van der Waals surface area contributed by atoms with Crippen LogP contribution < -0.4 is 10.1 Å². The van der Waals surface area contributed by atoms with E-state index in [2.05, 4.69) is 15.3 Å². The first-order valence-corrected chi connectivity index (χ1v) is 9.39. The van der Waals surface area contributed by atoms with Crippen LogP contribution in [0.15, 0.2) is 48.7 Å². The molecule has 1 aliphatic rings. The minimum Gasteiger partial charge on any atom is -0.439 e. The van der Waals surface area contributed by atoms with Crippen LogP contribution in [0.5, 0.6) is 11.6 Å². The highest BCUT2D eigenvalue weighted by atomic mass is 19.4. The molecule has 30 heavy (non-hydrogen) atoms. The number of hydrogen-bond acceptors (Lipinski definition) is 5. The molecule has 3 heterocycles. The van der Waals surface area contributed by atoms with E-state index in [-0.39, 0.29) is 17.8 Å². The second-order valence-electron chi connectivity index (χ2n) is 6.90. The number of ether oxygens (including phenoxy) is 2. The van der Waals surface area contributed by atoms with E-state index < -0.39 is 11.7 Å². The molecule has 0 atom stereocenters. The number of nitrogens with zero attached hydrogens (tertiary/aromatic N) is 2. The Balaban J connectivity index is 1.47. The van der Waals surface area contributed by atoms with Crippen LogP contribution in [-0.4, -0.2) is 35.1 Å². The molecule has 4 rings (SSSR count). The monoisotopic (exact) mass is 417 g/mol. The zero-order valence-electron chi connectivity index (χ0n) is 15.8. The first kappa shape index (κ1) is 20.1. The van der Waals surface area contributed by atoms with Gasteiger partial charge in [0.2, 0.25) is 5.88 Å². The summed E-state index contributed by atoms with van der Waals surface area (Å²) in [7, 11) is 0. The summed E-state index contributed by atoms with van der Waals surface area (Å²) < 4.78 is 48.7. The summed E-state index contributed by atoms with van der Waals surface area (Å²) >= 11 is 0. The highest BCUT2D eigenvalue weighted by Gasteiger charge is 2.30. The number of halogens is 3. The van der Waals surface area contributed by atoms with Gasteiger partial charge in [-0.05, 0) is 43.2 Å². The maximum Gasteiger partial charge on any atom is 0.417 e. The highest BCUT2D eigenvalue weighted by Crippen LogP contribution is 2.30. The van der Waals surface area contributed by atoms with E-state index in [1.54, 1.807) is 30.3 Å². The fourth-order valence-electron chi connectivity index (χ4n) is 3.12. The van der Waals surface area contributed by atoms with E-state index in [9.17, 15) is 18.0 Å². The average Bonchev–Trinajstić information content (AvgIpc) is 2.74. The number of fused-ring (bicyclic) bond motifs is 1. The van der Waals surface area contributed by atoms with Gasteiger partial charge in [-0.2, -0.15) is 13.2 Å². The molecule has 9 heteroatoms. The summed E-state index contributed by atoms with van der Waals surface area (Å²) in [5.74, 6) is 0.205. The number of benzene rings is 1. The van der Waals surface area contributed by atoms with Gasteiger partial charge < -0.3 is 14.8 Å². The lowest BCUT2D eigenvalue weighted by Gasteiger charge is -2.22. The first-order chi connectivity index (χ1) is 14.4. The van der Waals surface area contributed by atoms with Crippen molar-refractivity contribution in [3.63, 3.8) is 0 Å². The minimum absolute atomic E-state index is 0.0442. The molecule has 3 aromatic rings. The first-order valence-electron chi connectivity index (χ1n) is 9.39. The van der Waals surface area contributed by atoms with Crippen LogP contribution in [0, 0.1) is 0 Å². The molecule has 0 spiro atoms. The van der Waals surface area contributed by atoms with Gasteiger partial charge in [0.25, 0.3) is 5.91 Å². The van der Waals surface area contributed by atoms with Gasteiger partial charge in [-0.25, -0.2) is 9.97 Å². The number of carbonyl (C=O) groups excluding carboxylic acids is 1. The normalized spacial score (nSPS) is 15.2. The van der Waals surface area contributed by atoms with Crippen molar-refractivity contribution in [2.75, 3.05) is 13.2 Å². The van der Waals surface area contributed by atoms with Gasteiger partial charge in [-0.1, -0.05) is 6.07 Å². The average molecular weight is 417 g/mol. The van der Waals surface area contributed by atoms with Gasteiger partial charge in [0.1, 0.15) is 11.4 Å². The summed E-state index contributed by atoms with van der Waals surface area (Å²) in [6.07, 6.45) is -2.17. The van der Waals surface area contributed by atoms with E-state index in [0.717, 1.165) is 36.6 Å². The third kappa shape index (κ3) is 4.68. The maximum atomic E-state index is 12.6. The highest BCUT2D eigenvalue weighted by molar-refractivity contribution is 5.95. The summed E-state index contributed by atoms with van der Waals surface area (Å²) in [6, 6.07) is 10.5. The van der Waals surface area contributed by atoms with Crippen LogP contribution in [0.1, 0.15) is 28.9 Å². The van der Waals surface area contributed by atoms with E-state index in [4.69, 9.17) is 9.47 Å². The van der Waals surface area contributed by atoms with Crippen LogP contribution in [0.3, 0.4) is 0 Å². The van der Waals surface area contributed by atoms with Crippen LogP contribution in [0.2, 0.25) is 0 Å². The summed E-state index contributed by atoms with van der Waals surface area (Å²) in [5.41, 5.74) is 0.0681. The Hall–Kier alpha value is -3.20. The minimum atomic E-state index is -4.45. The van der Waals surface area contributed by atoms with Gasteiger partial charge in [0.15, 0.2) is 0 Å². The van der Waals surface area contributed by atoms with E-state index in [1.807, 2.05) is 0 Å². The third-order valence-corrected chi connectivity index (χ3v) is 4.74. The molecule has 1 N–H and O–H groups in total. The molecule has 1 aliphatic heterocycles. The zero-order valence-corrected chi connectivity index (χ0v) is 15.8. The Labute approximate surface area is 170 Å². The standard InChI is InChI=1S/C21H18F3N3O3/c22-21(23,24)14-2-6-19(25-12-14)30-16-3-5-17-13(11-16)1-4-18(27-17)20(28)26-15-7-9-29-10-8-15/h1-6,11-12,15H,7-10H2,(H,26,28). The maximum absolute atomic E-state index is 12.6. The fourth-order valence-corrected chi connectivity index (χ4v) is 3.12. The predicted molar refractivity (Wildman–Crippen MR) is 102 cm³/mol. The molecular weight excluding hydrogens is 399 g/mol. The Bertz CT molecular complexity index is 1050. The smallest absolute Gasteiger partial charge is 0.417 e. The summed E-state index contributed by atoms with van der Waals surface area (Å²) in [6.45, 7) is 1.26. The molecule has 156 valence electrons. The number of pyridine rings is 2. The van der Waals surface area contributed by atoms with Gasteiger partial charge in [-0.15, -0.1) is 0 Å². The number of rotatable bonds is 4. The van der Waals surface area contributed by atoms with E-state index in [0.29, 0.717) is 30.2 Å². The van der Waals surface area contributed by atoms with Gasteiger partial charge >= 0.3 is 6.18 Å². The number of aromatic nitrogens is 2. The van der Waals surface area contributed by atoms with Crippen molar-refractivity contribution >= 4 is 16.8 Å². The Morgan fingerprint density at radius 2 is 1.90 bits per heavy atom. The van der Waals surface area contributed by atoms with Crippen molar-refractivity contribution in [2.45, 2.75) is 25.1 Å². The number of carbonyl (C=O) groups is 1. The number of alkyl halides is 3. The van der Waals surface area contributed by atoms with Crippen molar-refractivity contribution < 1.29 is 27.4 Å². The molecule has 0 bridgehead atoms. The second kappa shape index (κ2) is 8.27. The largest absolute Gasteiger partial charge is 0.439 e. The van der Waals surface area contributed by atoms with Crippen LogP contribution in [-0.2, 0) is 10.9 Å². The van der Waals surface area contributed by atoms with Gasteiger partial charge in [0.05, 0.1) is 11.1 Å². The Morgan fingerprint density at radius 1 is 1.10 bits per heavy atom. The molecule has 1 amide bonds. The van der Waals surface area contributed by atoms with E-state index >= 15 is 0 Å². The summed E-state index contributed by atoms with van der Waals surface area (Å²) in [4.78, 5) is 20.5. The predicted octanol–water partition coefficient (Wildman–Crippen LogP) is 4.35. The Morgan fingerprint density at radius 3 is 2.60 bits per heavy atom. The fraction of sp³-hybridized carbons (Fsp3) is 0.286. The van der Waals surface area contributed by atoms with Gasteiger partial charge in [-0.3, -0.25) is 4.79 Å². The van der Waals surface area contributed by atoms with E-state index in [1.165, 1.54) is 0 Å². The molecule has 1 fully saturated rings. The summed E-state index contributed by atoms with van der Waals surface area (Å²) in [5, 5.41) is 3.69. The lowest BCUT2D eigenvalue weighted by molar-refractivity contribution is -0.137. The lowest BCUT2D eigenvalue weighted by atomic mass is 10.1. The van der Waals surface area contributed by atoms with Crippen molar-refractivity contribution in [3.8, 4) is 11.6 Å². The van der Waals surface area contributed by atoms with Crippen molar-refractivity contribution in [2.24, 2.45) is 0 Å². The molecule has 6 nitrogen and oxygen atoms in total. The molecule has 0 unspecified atom stereocenters. The zero-order chi connectivity index (χ0) is 21.1. The second-order valence-corrected chi connectivity index (χ2v) is 6.90. The number of amides is 1. The molecule has 2 aromatic heterocycles. The topological polar surface area (TPSA) is 73.3 Å². The Kier molecular flexibility index (Phi) is 5.54. The van der Waals surface area contributed by atoms with Gasteiger partial charge in [0, 0.05) is 36.9 Å². The molecule has 0 aliphatic carbocycles. The molecule has 1 saturated heterocycles. The quantitative estimate of drug-likeness (QED) is 0.683. The van der Waals surface area contributed by atoms with Crippen LogP contribution >= 0.6 is 0 Å². The molecule has 0 saturated carbocycles. The molecule has 0 radical (unpaired) electrons. The van der Waals surface area contributed by atoms with Crippen molar-refractivity contribution in [3.05, 3.63) is 59.9 Å². The number of nitrogens with one attached hydrogen (secondary N) is 1. The number of hydrogen-bond donors (Lipinski definition) is 1. The van der Waals surface area contributed by atoms with Crippen molar-refractivity contribution in [1.29, 1.82) is 0 Å². The SMILES string of the molecule is O=C(NC1CCOCC1)c1ccc2cc(Oc3ccc(C(F)(F)F)cn3)ccc2n1. The van der Waals surface area contributed by atoms with Crippen LogP contribution in [0.25, 0.3) is 10.9 Å².